The summed E-state index contributed by atoms with van der Waals surface area (Å²) in [6.45, 7) is 0. The highest BCUT2D eigenvalue weighted by molar-refractivity contribution is 7.17. The third-order valence-corrected chi connectivity index (χ3v) is 5.51. The van der Waals surface area contributed by atoms with Crippen molar-refractivity contribution < 1.29 is 5.11 Å². The minimum atomic E-state index is -0.825. The maximum absolute atomic E-state index is 10.9. The predicted molar refractivity (Wildman–Crippen MR) is 88.3 cm³/mol. The van der Waals surface area contributed by atoms with E-state index in [9.17, 15) is 5.11 Å². The van der Waals surface area contributed by atoms with E-state index >= 15 is 0 Å². The Hall–Kier alpha value is -2.58. The first kappa shape index (κ1) is 13.8. The lowest BCUT2D eigenvalue weighted by atomic mass is 10.1. The number of imidazole rings is 1. The number of nitrogens with zero attached hydrogens (tertiary/aromatic N) is 6. The molecule has 1 saturated carbocycles. The van der Waals surface area contributed by atoms with Crippen molar-refractivity contribution in [2.45, 2.75) is 24.9 Å². The van der Waals surface area contributed by atoms with Gasteiger partial charge in [-0.2, -0.15) is 0 Å². The maximum atomic E-state index is 10.9. The number of aliphatic hydroxyl groups excluding tert-OH is 1. The molecule has 0 aromatic carbocycles. The van der Waals surface area contributed by atoms with Gasteiger partial charge in [-0.15, -0.1) is 16.4 Å². The molecule has 1 atom stereocenters. The monoisotopic (exact) mass is 338 g/mol. The van der Waals surface area contributed by atoms with Gasteiger partial charge in [0.2, 0.25) is 0 Å². The topological polar surface area (TPSA) is 81.1 Å². The highest BCUT2D eigenvalue weighted by Crippen LogP contribution is 2.47. The van der Waals surface area contributed by atoms with Crippen molar-refractivity contribution in [2.75, 3.05) is 0 Å². The van der Waals surface area contributed by atoms with Crippen molar-refractivity contribution in [3.05, 3.63) is 59.5 Å². The molecule has 1 unspecified atom stereocenters. The van der Waals surface area contributed by atoms with Crippen LogP contribution < -0.4 is 0 Å². The van der Waals surface area contributed by atoms with E-state index in [1.165, 1.54) is 17.7 Å². The van der Waals surface area contributed by atoms with Crippen LogP contribution in [0.3, 0.4) is 0 Å². The van der Waals surface area contributed by atoms with Gasteiger partial charge in [-0.3, -0.25) is 9.38 Å². The highest BCUT2D eigenvalue weighted by Gasteiger charge is 2.33. The van der Waals surface area contributed by atoms with Crippen LogP contribution >= 0.6 is 11.3 Å². The molecule has 7 nitrogen and oxygen atoms in total. The lowest BCUT2D eigenvalue weighted by molar-refractivity contribution is 0.208. The van der Waals surface area contributed by atoms with E-state index in [0.29, 0.717) is 11.6 Å². The first-order chi connectivity index (χ1) is 11.8. The highest BCUT2D eigenvalue weighted by atomic mass is 32.1. The second-order valence-corrected chi connectivity index (χ2v) is 6.99. The fourth-order valence-electron chi connectivity index (χ4n) is 2.89. The van der Waals surface area contributed by atoms with Crippen molar-refractivity contribution >= 4 is 16.2 Å². The van der Waals surface area contributed by atoms with Crippen molar-refractivity contribution in [1.29, 1.82) is 0 Å². The summed E-state index contributed by atoms with van der Waals surface area (Å²) in [7, 11) is 0. The summed E-state index contributed by atoms with van der Waals surface area (Å²) in [6, 6.07) is 3.73. The van der Waals surface area contributed by atoms with Crippen molar-refractivity contribution in [3.8, 4) is 5.69 Å². The molecule has 8 heteroatoms. The Morgan fingerprint density at radius 1 is 1.25 bits per heavy atom. The molecule has 1 aliphatic carbocycles. The number of aromatic nitrogens is 6. The largest absolute Gasteiger partial charge is 0.380 e. The van der Waals surface area contributed by atoms with Gasteiger partial charge in [0.15, 0.2) is 0 Å². The van der Waals surface area contributed by atoms with Gasteiger partial charge >= 0.3 is 0 Å². The third kappa shape index (κ3) is 2.15. The summed E-state index contributed by atoms with van der Waals surface area (Å²) < 4.78 is 3.59. The minimum absolute atomic E-state index is 0.522. The van der Waals surface area contributed by atoms with Gasteiger partial charge in [-0.1, -0.05) is 5.21 Å². The van der Waals surface area contributed by atoms with Crippen LogP contribution in [0.25, 0.3) is 10.5 Å². The Kier molecular flexibility index (Phi) is 3.00. The summed E-state index contributed by atoms with van der Waals surface area (Å²) in [5.74, 6) is 0.549. The second-order valence-electron chi connectivity index (χ2n) is 5.93. The summed E-state index contributed by atoms with van der Waals surface area (Å²) in [4.78, 5) is 10.5. The molecule has 4 aromatic rings. The number of hydrogen-bond donors (Lipinski definition) is 1. The van der Waals surface area contributed by atoms with Gasteiger partial charge < -0.3 is 5.11 Å². The van der Waals surface area contributed by atoms with Crippen LogP contribution in [0.2, 0.25) is 0 Å². The third-order valence-electron chi connectivity index (χ3n) is 4.24. The van der Waals surface area contributed by atoms with E-state index in [-0.39, 0.29) is 0 Å². The Bertz CT molecular complexity index is 1000. The number of thiazole rings is 1. The Balaban J connectivity index is 1.57. The molecule has 1 N–H and O–H groups in total. The molecule has 0 amide bonds. The average molecular weight is 338 g/mol. The molecule has 0 saturated heterocycles. The van der Waals surface area contributed by atoms with Gasteiger partial charge in [-0.05, 0) is 30.9 Å². The lowest BCUT2D eigenvalue weighted by Gasteiger charge is -2.09. The van der Waals surface area contributed by atoms with Crippen LogP contribution in [0.1, 0.15) is 41.1 Å². The first-order valence-corrected chi connectivity index (χ1v) is 8.58. The molecule has 0 radical (unpaired) electrons. The fourth-order valence-corrected chi connectivity index (χ4v) is 4.18. The first-order valence-electron chi connectivity index (χ1n) is 7.76. The lowest BCUT2D eigenvalue weighted by Crippen LogP contribution is -2.06. The molecular weight excluding hydrogens is 324 g/mol. The van der Waals surface area contributed by atoms with E-state index in [2.05, 4.69) is 20.3 Å². The molecule has 0 aliphatic heterocycles. The zero-order chi connectivity index (χ0) is 16.1. The molecular formula is C16H14N6OS. The van der Waals surface area contributed by atoms with E-state index in [1.54, 1.807) is 40.9 Å². The number of hydrogen-bond acceptors (Lipinski definition) is 6. The number of pyridine rings is 1. The second kappa shape index (κ2) is 5.22. The number of rotatable bonds is 4. The van der Waals surface area contributed by atoms with E-state index < -0.39 is 6.10 Å². The van der Waals surface area contributed by atoms with Gasteiger partial charge in [0, 0.05) is 11.1 Å². The van der Waals surface area contributed by atoms with Gasteiger partial charge in [0.05, 0.1) is 30.0 Å². The molecule has 4 aromatic heterocycles. The van der Waals surface area contributed by atoms with Crippen LogP contribution in [-0.4, -0.2) is 34.5 Å². The van der Waals surface area contributed by atoms with Crippen molar-refractivity contribution in [3.63, 3.8) is 0 Å². The molecule has 120 valence electrons. The van der Waals surface area contributed by atoms with Gasteiger partial charge in [0.25, 0.3) is 0 Å². The zero-order valence-electron chi connectivity index (χ0n) is 12.6. The molecule has 0 bridgehead atoms. The van der Waals surface area contributed by atoms with Crippen molar-refractivity contribution in [1.82, 2.24) is 29.4 Å². The van der Waals surface area contributed by atoms with Gasteiger partial charge in [-0.25, -0.2) is 9.67 Å². The average Bonchev–Trinajstić information content (AvgIpc) is 3.04. The van der Waals surface area contributed by atoms with Crippen LogP contribution in [0.4, 0.5) is 0 Å². The predicted octanol–water partition coefficient (Wildman–Crippen LogP) is 2.33. The molecule has 24 heavy (non-hydrogen) atoms. The molecule has 0 spiro atoms. The molecule has 1 aliphatic rings. The van der Waals surface area contributed by atoms with Crippen LogP contribution in [0, 0.1) is 0 Å². The Morgan fingerprint density at radius 3 is 2.96 bits per heavy atom. The fraction of sp³-hybridized carbons (Fsp3) is 0.250. The van der Waals surface area contributed by atoms with E-state index in [0.717, 1.165) is 16.2 Å². The van der Waals surface area contributed by atoms with E-state index in [4.69, 9.17) is 0 Å². The number of fused-ring (bicyclic) bond motifs is 1. The van der Waals surface area contributed by atoms with Crippen LogP contribution in [0.15, 0.2) is 43.2 Å². The summed E-state index contributed by atoms with van der Waals surface area (Å²) in [5.41, 5.74) is 2.20. The smallest absolute Gasteiger partial charge is 0.141 e. The standard InChI is InChI=1S/C16H14N6OS/c23-15(12-8-22(20-19-12)11-2-1-5-17-6-11)14-16(10-3-4-10)24-13-7-18-9-21(13)14/h1-2,5-10,15,23H,3-4H2. The zero-order valence-corrected chi connectivity index (χ0v) is 13.5. The van der Waals surface area contributed by atoms with Crippen LogP contribution in [0.5, 0.6) is 0 Å². The van der Waals surface area contributed by atoms with Gasteiger partial charge in [0.1, 0.15) is 23.0 Å². The molecule has 1 fully saturated rings. The SMILES string of the molecule is OC(c1cn(-c2cccnc2)nn1)c1c(C2CC2)sc2cncn12. The normalized spacial score (nSPS) is 15.9. The molecule has 5 rings (SSSR count). The quantitative estimate of drug-likeness (QED) is 0.618. The number of aliphatic hydroxyl groups is 1. The summed E-state index contributed by atoms with van der Waals surface area (Å²) in [5, 5.41) is 19.2. The van der Waals surface area contributed by atoms with Crippen LogP contribution in [-0.2, 0) is 0 Å². The molecule has 4 heterocycles. The summed E-state index contributed by atoms with van der Waals surface area (Å²) in [6.07, 6.45) is 10.3. The Morgan fingerprint density at radius 2 is 2.17 bits per heavy atom. The Labute approximate surface area is 141 Å². The van der Waals surface area contributed by atoms with Crippen molar-refractivity contribution in [2.24, 2.45) is 0 Å². The minimum Gasteiger partial charge on any atom is -0.380 e. The summed E-state index contributed by atoms with van der Waals surface area (Å²) >= 11 is 1.70. The van der Waals surface area contributed by atoms with E-state index in [1.807, 2.05) is 22.7 Å². The maximum Gasteiger partial charge on any atom is 0.141 e.